The standard InChI is InChI=1S/C9H16N2O4/c1-6(10)9(14)11-2-3-15-5-7(11)4-8(12)13/h6-7H,2-5,10H2,1H3,(H,12,13)/t6-,7?/m1/s1. The van der Waals surface area contributed by atoms with E-state index in [2.05, 4.69) is 0 Å². The Labute approximate surface area is 88.0 Å². The monoisotopic (exact) mass is 216 g/mol. The van der Waals surface area contributed by atoms with Gasteiger partial charge in [-0.05, 0) is 6.92 Å². The second-order valence-electron chi connectivity index (χ2n) is 3.65. The maximum Gasteiger partial charge on any atom is 0.305 e. The molecule has 3 N–H and O–H groups in total. The topological polar surface area (TPSA) is 92.9 Å². The number of nitrogens with zero attached hydrogens (tertiary/aromatic N) is 1. The van der Waals surface area contributed by atoms with Gasteiger partial charge in [-0.3, -0.25) is 9.59 Å². The van der Waals surface area contributed by atoms with Crippen LogP contribution in [0.2, 0.25) is 0 Å². The molecule has 0 aromatic carbocycles. The van der Waals surface area contributed by atoms with Crippen molar-refractivity contribution in [2.45, 2.75) is 25.4 Å². The van der Waals surface area contributed by atoms with Gasteiger partial charge in [0.05, 0.1) is 31.7 Å². The van der Waals surface area contributed by atoms with Crippen molar-refractivity contribution in [3.63, 3.8) is 0 Å². The van der Waals surface area contributed by atoms with Crippen LogP contribution in [0, 0.1) is 0 Å². The summed E-state index contributed by atoms with van der Waals surface area (Å²) in [5, 5.41) is 8.68. The summed E-state index contributed by atoms with van der Waals surface area (Å²) in [7, 11) is 0. The number of hydrogen-bond acceptors (Lipinski definition) is 4. The van der Waals surface area contributed by atoms with Crippen molar-refractivity contribution in [3.05, 3.63) is 0 Å². The molecule has 1 rings (SSSR count). The summed E-state index contributed by atoms with van der Waals surface area (Å²) in [6, 6.07) is -0.992. The Bertz CT molecular complexity index is 254. The van der Waals surface area contributed by atoms with Crippen LogP contribution in [0.25, 0.3) is 0 Å². The first-order chi connectivity index (χ1) is 7.02. The first kappa shape index (κ1) is 11.9. The van der Waals surface area contributed by atoms with Crippen molar-refractivity contribution in [1.82, 2.24) is 4.90 Å². The summed E-state index contributed by atoms with van der Waals surface area (Å²) < 4.78 is 5.15. The Balaban J connectivity index is 2.65. The number of aliphatic carboxylic acids is 1. The molecule has 6 heteroatoms. The maximum atomic E-state index is 11.6. The predicted molar refractivity (Wildman–Crippen MR) is 52.2 cm³/mol. The van der Waals surface area contributed by atoms with E-state index in [9.17, 15) is 9.59 Å². The van der Waals surface area contributed by atoms with E-state index in [-0.39, 0.29) is 18.9 Å². The van der Waals surface area contributed by atoms with Gasteiger partial charge in [0.15, 0.2) is 0 Å². The third-order valence-corrected chi connectivity index (χ3v) is 2.31. The van der Waals surface area contributed by atoms with Gasteiger partial charge in [-0.15, -0.1) is 0 Å². The van der Waals surface area contributed by atoms with E-state index in [0.717, 1.165) is 0 Å². The van der Waals surface area contributed by atoms with Gasteiger partial charge < -0.3 is 20.5 Å². The molecule has 0 aromatic rings. The number of carbonyl (C=O) groups excluding carboxylic acids is 1. The Hall–Kier alpha value is -1.14. The van der Waals surface area contributed by atoms with Crippen LogP contribution in [0.5, 0.6) is 0 Å². The fourth-order valence-corrected chi connectivity index (χ4v) is 1.58. The van der Waals surface area contributed by atoms with Gasteiger partial charge in [0.1, 0.15) is 0 Å². The Kier molecular flexibility index (Phi) is 4.05. The SMILES string of the molecule is C[C@@H](N)C(=O)N1CCOCC1CC(=O)O. The van der Waals surface area contributed by atoms with Gasteiger partial charge in [0.25, 0.3) is 0 Å². The van der Waals surface area contributed by atoms with Crippen LogP contribution in [-0.2, 0) is 14.3 Å². The maximum absolute atomic E-state index is 11.6. The molecule has 1 aliphatic heterocycles. The summed E-state index contributed by atoms with van der Waals surface area (Å²) in [6.45, 7) is 2.72. The van der Waals surface area contributed by atoms with E-state index in [4.69, 9.17) is 15.6 Å². The molecular formula is C9H16N2O4. The average Bonchev–Trinajstić information content (AvgIpc) is 2.16. The minimum Gasteiger partial charge on any atom is -0.481 e. The zero-order valence-corrected chi connectivity index (χ0v) is 8.68. The molecule has 6 nitrogen and oxygen atoms in total. The number of carboxylic acids is 1. The molecule has 0 aliphatic carbocycles. The zero-order chi connectivity index (χ0) is 11.4. The molecular weight excluding hydrogens is 200 g/mol. The summed E-state index contributed by atoms with van der Waals surface area (Å²) in [6.07, 6.45) is -0.0987. The Morgan fingerprint density at radius 2 is 2.33 bits per heavy atom. The van der Waals surface area contributed by atoms with Crippen LogP contribution in [-0.4, -0.2) is 53.7 Å². The summed E-state index contributed by atoms with van der Waals surface area (Å²) >= 11 is 0. The first-order valence-electron chi connectivity index (χ1n) is 4.88. The summed E-state index contributed by atoms with van der Waals surface area (Å²) in [4.78, 5) is 23.7. The fraction of sp³-hybridized carbons (Fsp3) is 0.778. The highest BCUT2D eigenvalue weighted by molar-refractivity contribution is 5.82. The molecule has 0 saturated carbocycles. The number of amides is 1. The highest BCUT2D eigenvalue weighted by Gasteiger charge is 2.30. The third-order valence-electron chi connectivity index (χ3n) is 2.31. The predicted octanol–water partition coefficient (Wildman–Crippen LogP) is -0.964. The van der Waals surface area contributed by atoms with Crippen LogP contribution < -0.4 is 5.73 Å². The van der Waals surface area contributed by atoms with Crippen molar-refractivity contribution in [3.8, 4) is 0 Å². The van der Waals surface area contributed by atoms with E-state index in [1.807, 2.05) is 0 Å². The van der Waals surface area contributed by atoms with Gasteiger partial charge in [0.2, 0.25) is 5.91 Å². The minimum atomic E-state index is -0.937. The van der Waals surface area contributed by atoms with Gasteiger partial charge in [-0.2, -0.15) is 0 Å². The van der Waals surface area contributed by atoms with Crippen LogP contribution in [0.3, 0.4) is 0 Å². The number of hydrogen-bond donors (Lipinski definition) is 2. The highest BCUT2D eigenvalue weighted by Crippen LogP contribution is 2.11. The molecule has 1 heterocycles. The van der Waals surface area contributed by atoms with Gasteiger partial charge in [-0.25, -0.2) is 0 Å². The fourth-order valence-electron chi connectivity index (χ4n) is 1.58. The normalized spacial score (nSPS) is 23.6. The molecule has 1 fully saturated rings. The van der Waals surface area contributed by atoms with Crippen LogP contribution in [0.15, 0.2) is 0 Å². The van der Waals surface area contributed by atoms with E-state index in [0.29, 0.717) is 13.2 Å². The number of rotatable bonds is 3. The highest BCUT2D eigenvalue weighted by atomic mass is 16.5. The van der Waals surface area contributed by atoms with Gasteiger partial charge in [-0.1, -0.05) is 0 Å². The molecule has 0 aromatic heterocycles. The number of carbonyl (C=O) groups is 2. The van der Waals surface area contributed by atoms with Crippen LogP contribution in [0.4, 0.5) is 0 Å². The van der Waals surface area contributed by atoms with Crippen LogP contribution >= 0.6 is 0 Å². The Morgan fingerprint density at radius 3 is 2.87 bits per heavy atom. The number of ether oxygens (including phenoxy) is 1. The van der Waals surface area contributed by atoms with E-state index in [1.54, 1.807) is 6.92 Å². The van der Waals surface area contributed by atoms with Crippen molar-refractivity contribution in [1.29, 1.82) is 0 Å². The molecule has 0 radical (unpaired) electrons. The smallest absolute Gasteiger partial charge is 0.305 e. The molecule has 0 spiro atoms. The van der Waals surface area contributed by atoms with Gasteiger partial charge >= 0.3 is 5.97 Å². The lowest BCUT2D eigenvalue weighted by Gasteiger charge is -2.35. The summed E-state index contributed by atoms with van der Waals surface area (Å²) in [5.74, 6) is -1.16. The van der Waals surface area contributed by atoms with Crippen molar-refractivity contribution in [2.75, 3.05) is 19.8 Å². The summed E-state index contributed by atoms with van der Waals surface area (Å²) in [5.41, 5.74) is 5.48. The minimum absolute atomic E-state index is 0.0987. The van der Waals surface area contributed by atoms with Crippen molar-refractivity contribution < 1.29 is 19.4 Å². The van der Waals surface area contributed by atoms with E-state index in [1.165, 1.54) is 4.90 Å². The molecule has 15 heavy (non-hydrogen) atoms. The lowest BCUT2D eigenvalue weighted by molar-refractivity contribution is -0.146. The number of nitrogens with two attached hydrogens (primary N) is 1. The molecule has 1 unspecified atom stereocenters. The number of carboxylic acid groups (broad SMARTS) is 1. The lowest BCUT2D eigenvalue weighted by Crippen LogP contribution is -2.53. The molecule has 0 bridgehead atoms. The molecule has 1 saturated heterocycles. The van der Waals surface area contributed by atoms with E-state index < -0.39 is 18.1 Å². The quantitative estimate of drug-likeness (QED) is 0.633. The Morgan fingerprint density at radius 1 is 1.67 bits per heavy atom. The first-order valence-corrected chi connectivity index (χ1v) is 4.88. The van der Waals surface area contributed by atoms with Crippen molar-refractivity contribution >= 4 is 11.9 Å². The van der Waals surface area contributed by atoms with Gasteiger partial charge in [0, 0.05) is 6.54 Å². The molecule has 1 amide bonds. The zero-order valence-electron chi connectivity index (χ0n) is 8.68. The second kappa shape index (κ2) is 5.09. The average molecular weight is 216 g/mol. The number of morpholine rings is 1. The van der Waals surface area contributed by atoms with Crippen molar-refractivity contribution in [2.24, 2.45) is 5.73 Å². The largest absolute Gasteiger partial charge is 0.481 e. The third kappa shape index (κ3) is 3.17. The molecule has 86 valence electrons. The lowest BCUT2D eigenvalue weighted by atomic mass is 10.1. The second-order valence-corrected chi connectivity index (χ2v) is 3.65. The van der Waals surface area contributed by atoms with Crippen LogP contribution in [0.1, 0.15) is 13.3 Å². The molecule has 2 atom stereocenters. The van der Waals surface area contributed by atoms with E-state index >= 15 is 0 Å². The molecule has 1 aliphatic rings.